The van der Waals surface area contributed by atoms with E-state index in [0.29, 0.717) is 0 Å². The van der Waals surface area contributed by atoms with E-state index in [-0.39, 0.29) is 7.43 Å². The first kappa shape index (κ1) is 12.7. The molecule has 2 unspecified atom stereocenters. The van der Waals surface area contributed by atoms with Gasteiger partial charge in [0.05, 0.1) is 0 Å². The molecule has 0 heterocycles. The minimum atomic E-state index is -0.472. The molecule has 3 aliphatic carbocycles. The van der Waals surface area contributed by atoms with Crippen LogP contribution in [-0.4, -0.2) is 0 Å². The Morgan fingerprint density at radius 2 is 1.71 bits per heavy atom. The van der Waals surface area contributed by atoms with Crippen molar-refractivity contribution in [1.82, 2.24) is 0 Å². The Bertz CT molecular complexity index is 237. The van der Waals surface area contributed by atoms with Gasteiger partial charge < -0.3 is 0 Å². The second-order valence-corrected chi connectivity index (χ2v) is 7.18. The molecule has 82 valence electrons. The van der Waals surface area contributed by atoms with E-state index in [1.165, 1.54) is 12.8 Å². The van der Waals surface area contributed by atoms with Gasteiger partial charge in [-0.1, -0.05) is 24.3 Å². The second kappa shape index (κ2) is 5.63. The van der Waals surface area contributed by atoms with E-state index in [1.54, 1.807) is 0 Å². The molecule has 0 amide bonds. The SMILES string of the molecule is C1=C[C@@H]2C3C=CC(C3)[C@@H]2C1.[CH3+].[Cl][Pt][Cl]. The third-order valence-corrected chi connectivity index (χ3v) is 3.46. The number of hydrogen-bond acceptors (Lipinski definition) is 0. The number of rotatable bonds is 0. The number of halogens is 2. The van der Waals surface area contributed by atoms with Gasteiger partial charge in [0, 0.05) is 7.43 Å². The van der Waals surface area contributed by atoms with Crippen molar-refractivity contribution in [1.29, 1.82) is 0 Å². The number of allylic oxidation sites excluding steroid dienone is 4. The molecule has 14 heavy (non-hydrogen) atoms. The molecule has 3 rings (SSSR count). The maximum absolute atomic E-state index is 4.88. The molecule has 1 fully saturated rings. The van der Waals surface area contributed by atoms with Crippen LogP contribution in [0.5, 0.6) is 0 Å². The standard InChI is InChI=1S/C10H12.CH3.2ClH.Pt/c1-2-9-7-4-5-8(6-7)10(9)3-1;;;;/h1-2,4-5,7-10H,3,6H2;1H3;2*1H;/q;+1;;;+2/p-2/t7?,8?,9-,10+;;;;/m1..../s1. The van der Waals surface area contributed by atoms with E-state index in [2.05, 4.69) is 24.3 Å². The Morgan fingerprint density at radius 1 is 1.07 bits per heavy atom. The molecule has 3 aliphatic rings. The Hall–Kier alpha value is 0.618. The average molecular weight is 413 g/mol. The fraction of sp³-hybridized carbons (Fsp3) is 0.545. The molecule has 0 saturated heterocycles. The first-order valence-corrected chi connectivity index (χ1v) is 10.2. The van der Waals surface area contributed by atoms with Gasteiger partial charge >= 0.3 is 35.3 Å². The van der Waals surface area contributed by atoms with E-state index in [4.69, 9.17) is 18.8 Å². The van der Waals surface area contributed by atoms with Gasteiger partial charge in [0.25, 0.3) is 0 Å². The van der Waals surface area contributed by atoms with Crippen molar-refractivity contribution < 1.29 is 16.5 Å². The van der Waals surface area contributed by atoms with Crippen molar-refractivity contribution >= 4 is 18.8 Å². The van der Waals surface area contributed by atoms with Gasteiger partial charge in [0.15, 0.2) is 0 Å². The molecule has 3 heteroatoms. The van der Waals surface area contributed by atoms with Crippen molar-refractivity contribution in [2.45, 2.75) is 12.8 Å². The summed E-state index contributed by atoms with van der Waals surface area (Å²) < 4.78 is 0. The zero-order valence-electron chi connectivity index (χ0n) is 8.11. The molecule has 4 atom stereocenters. The summed E-state index contributed by atoms with van der Waals surface area (Å²) in [5.41, 5.74) is 0. The fourth-order valence-electron chi connectivity index (χ4n) is 2.97. The maximum atomic E-state index is 4.88. The second-order valence-electron chi connectivity index (χ2n) is 3.90. The number of hydrogen-bond donors (Lipinski definition) is 0. The molecule has 0 nitrogen and oxygen atoms in total. The van der Waals surface area contributed by atoms with E-state index in [9.17, 15) is 0 Å². The average Bonchev–Trinajstić information content (AvgIpc) is 2.79. The minimum absolute atomic E-state index is 0. The summed E-state index contributed by atoms with van der Waals surface area (Å²) in [5, 5.41) is 0. The molecule has 0 N–H and O–H groups in total. The van der Waals surface area contributed by atoms with Crippen molar-refractivity contribution in [3.8, 4) is 0 Å². The Morgan fingerprint density at radius 3 is 2.36 bits per heavy atom. The molecule has 0 spiro atoms. The van der Waals surface area contributed by atoms with Crippen molar-refractivity contribution in [3.05, 3.63) is 31.7 Å². The first-order chi connectivity index (χ1) is 6.36. The Balaban J connectivity index is 0.000000223. The van der Waals surface area contributed by atoms with E-state index < -0.39 is 16.5 Å². The molecule has 0 aromatic heterocycles. The van der Waals surface area contributed by atoms with Crippen LogP contribution in [-0.2, 0) is 16.5 Å². The predicted molar refractivity (Wildman–Crippen MR) is 59.6 cm³/mol. The summed E-state index contributed by atoms with van der Waals surface area (Å²) in [7, 11) is 9.75. The summed E-state index contributed by atoms with van der Waals surface area (Å²) >= 11 is -0.472. The van der Waals surface area contributed by atoms with Crippen LogP contribution in [0.25, 0.3) is 0 Å². The van der Waals surface area contributed by atoms with Crippen molar-refractivity contribution in [3.63, 3.8) is 0 Å². The third-order valence-electron chi connectivity index (χ3n) is 3.46. The fourth-order valence-corrected chi connectivity index (χ4v) is 2.97. The molecule has 1 saturated carbocycles. The molecule has 2 bridgehead atoms. The van der Waals surface area contributed by atoms with E-state index in [0.717, 1.165) is 23.7 Å². The summed E-state index contributed by atoms with van der Waals surface area (Å²) in [6, 6.07) is 0. The summed E-state index contributed by atoms with van der Waals surface area (Å²) in [6.45, 7) is 0. The van der Waals surface area contributed by atoms with Gasteiger partial charge in [-0.2, -0.15) is 0 Å². The topological polar surface area (TPSA) is 0 Å². The summed E-state index contributed by atoms with van der Waals surface area (Å²) in [6.07, 6.45) is 12.5. The predicted octanol–water partition coefficient (Wildman–Crippen LogP) is 4.21. The summed E-state index contributed by atoms with van der Waals surface area (Å²) in [4.78, 5) is 0. The summed E-state index contributed by atoms with van der Waals surface area (Å²) in [5.74, 6) is 3.82. The molecule has 0 aromatic carbocycles. The molecular weight excluding hydrogens is 398 g/mol. The Labute approximate surface area is 103 Å². The van der Waals surface area contributed by atoms with Crippen LogP contribution in [0, 0.1) is 31.1 Å². The molecule has 0 aliphatic heterocycles. The van der Waals surface area contributed by atoms with Gasteiger partial charge in [0.1, 0.15) is 0 Å². The number of fused-ring (bicyclic) bond motifs is 5. The zero-order chi connectivity index (χ0) is 9.26. The van der Waals surface area contributed by atoms with Crippen LogP contribution >= 0.6 is 18.8 Å². The normalized spacial score (nSPS) is 40.4. The molecule has 0 radical (unpaired) electrons. The van der Waals surface area contributed by atoms with Gasteiger partial charge in [-0.25, -0.2) is 0 Å². The van der Waals surface area contributed by atoms with Gasteiger partial charge in [-0.05, 0) is 36.5 Å². The zero-order valence-corrected chi connectivity index (χ0v) is 11.9. The van der Waals surface area contributed by atoms with Crippen LogP contribution in [0.15, 0.2) is 24.3 Å². The molecule has 0 aromatic rings. The van der Waals surface area contributed by atoms with Crippen LogP contribution in [0.3, 0.4) is 0 Å². The first-order valence-electron chi connectivity index (χ1n) is 4.54. The monoisotopic (exact) mass is 412 g/mol. The third kappa shape index (κ3) is 2.23. The molecular formula is C11H15Cl2Pt+. The van der Waals surface area contributed by atoms with Crippen molar-refractivity contribution in [2.24, 2.45) is 23.7 Å². The van der Waals surface area contributed by atoms with Crippen LogP contribution in [0.4, 0.5) is 0 Å². The van der Waals surface area contributed by atoms with Gasteiger partial charge in [0.2, 0.25) is 0 Å². The van der Waals surface area contributed by atoms with Gasteiger partial charge in [-0.15, -0.1) is 0 Å². The van der Waals surface area contributed by atoms with Crippen LogP contribution in [0.1, 0.15) is 12.8 Å². The van der Waals surface area contributed by atoms with Gasteiger partial charge in [-0.3, -0.25) is 0 Å². The van der Waals surface area contributed by atoms with Crippen molar-refractivity contribution in [2.75, 3.05) is 0 Å². The Kier molecular flexibility index (Phi) is 5.11. The quantitative estimate of drug-likeness (QED) is 0.413. The van der Waals surface area contributed by atoms with Crippen LogP contribution < -0.4 is 0 Å². The van der Waals surface area contributed by atoms with E-state index >= 15 is 0 Å². The van der Waals surface area contributed by atoms with Crippen LogP contribution in [0.2, 0.25) is 0 Å². The van der Waals surface area contributed by atoms with E-state index in [1.807, 2.05) is 0 Å².